The van der Waals surface area contributed by atoms with Crippen molar-refractivity contribution in [1.82, 2.24) is 25.1 Å². The van der Waals surface area contributed by atoms with Gasteiger partial charge in [0.05, 0.1) is 23.6 Å². The molecule has 2 aromatic heterocycles. The van der Waals surface area contributed by atoms with Crippen molar-refractivity contribution in [3.63, 3.8) is 0 Å². The van der Waals surface area contributed by atoms with Crippen LogP contribution in [-0.2, 0) is 28.9 Å². The molecule has 2 aromatic rings. The minimum atomic E-state index is -0.545. The highest BCUT2D eigenvalue weighted by Gasteiger charge is 2.22. The molecule has 0 bridgehead atoms. The number of rotatable bonds is 6. The Labute approximate surface area is 169 Å². The van der Waals surface area contributed by atoms with Crippen LogP contribution in [0.2, 0.25) is 0 Å². The number of amides is 1. The summed E-state index contributed by atoms with van der Waals surface area (Å²) in [6, 6.07) is 1.64. The summed E-state index contributed by atoms with van der Waals surface area (Å²) in [5, 5.41) is 7.62. The van der Waals surface area contributed by atoms with Crippen LogP contribution in [0.3, 0.4) is 0 Å². The van der Waals surface area contributed by atoms with Crippen molar-refractivity contribution in [3.8, 4) is 0 Å². The summed E-state index contributed by atoms with van der Waals surface area (Å²) in [7, 11) is 0. The van der Waals surface area contributed by atoms with Crippen molar-refractivity contribution in [2.75, 3.05) is 26.4 Å². The van der Waals surface area contributed by atoms with Crippen LogP contribution >= 0.6 is 0 Å². The number of fused-ring (bicyclic) bond motifs is 1. The molecule has 0 saturated heterocycles. The third kappa shape index (κ3) is 5.60. The second kappa shape index (κ2) is 10.7. The minimum absolute atomic E-state index is 0.0463. The Balaban J connectivity index is 1.65. The third-order valence-electron chi connectivity index (χ3n) is 4.64. The molecule has 0 aromatic carbocycles. The molecule has 1 aliphatic heterocycles. The number of aromatic nitrogens is 4. The smallest absolute Gasteiger partial charge is 0.376 e. The van der Waals surface area contributed by atoms with E-state index >= 15 is 0 Å². The number of ether oxygens (including phenoxy) is 2. The fraction of sp³-hybridized carbons (Fsp3) is 0.550. The second-order valence-corrected chi connectivity index (χ2v) is 6.73. The number of hydrogen-bond acceptors (Lipinski definition) is 7. The van der Waals surface area contributed by atoms with Gasteiger partial charge >= 0.3 is 5.97 Å². The van der Waals surface area contributed by atoms with Gasteiger partial charge in [-0.05, 0) is 31.7 Å². The summed E-state index contributed by atoms with van der Waals surface area (Å²) < 4.78 is 12.7. The molecule has 1 N–H and O–H groups in total. The molecule has 9 nitrogen and oxygen atoms in total. The number of carbonyl (C=O) groups excluding carboxylic acids is 2. The van der Waals surface area contributed by atoms with Crippen LogP contribution in [0, 0.1) is 0 Å². The molecule has 1 aliphatic rings. The highest BCUT2D eigenvalue weighted by Crippen LogP contribution is 2.19. The van der Waals surface area contributed by atoms with Crippen LogP contribution in [0.4, 0.5) is 0 Å². The first-order valence-electron chi connectivity index (χ1n) is 10.1. The Kier molecular flexibility index (Phi) is 7.69. The first-order chi connectivity index (χ1) is 14.2. The Bertz CT molecular complexity index is 822. The van der Waals surface area contributed by atoms with Gasteiger partial charge in [0.2, 0.25) is 5.82 Å². The van der Waals surface area contributed by atoms with Gasteiger partial charge in [0.25, 0.3) is 5.91 Å². The maximum absolute atomic E-state index is 12.7. The van der Waals surface area contributed by atoms with Gasteiger partial charge in [0, 0.05) is 45.1 Å². The van der Waals surface area contributed by atoms with Gasteiger partial charge in [0.15, 0.2) is 0 Å². The summed E-state index contributed by atoms with van der Waals surface area (Å²) in [6.07, 6.45) is 6.60. The van der Waals surface area contributed by atoms with E-state index in [1.54, 1.807) is 6.07 Å². The van der Waals surface area contributed by atoms with Crippen LogP contribution in [0.15, 0.2) is 18.5 Å². The van der Waals surface area contributed by atoms with Crippen LogP contribution in [0.25, 0.3) is 0 Å². The van der Waals surface area contributed by atoms with Gasteiger partial charge < -0.3 is 14.8 Å². The topological polar surface area (TPSA) is 108 Å². The van der Waals surface area contributed by atoms with Crippen LogP contribution in [0.1, 0.15) is 58.6 Å². The van der Waals surface area contributed by atoms with Gasteiger partial charge in [0.1, 0.15) is 0 Å². The van der Waals surface area contributed by atoms with Crippen molar-refractivity contribution in [2.24, 2.45) is 0 Å². The lowest BCUT2D eigenvalue weighted by Gasteiger charge is -2.10. The normalized spacial score (nSPS) is 15.1. The number of esters is 1. The molecule has 0 radical (unpaired) electrons. The number of hydrogen-bond donors (Lipinski definition) is 1. The monoisotopic (exact) mass is 401 g/mol. The third-order valence-corrected chi connectivity index (χ3v) is 4.64. The molecule has 156 valence electrons. The van der Waals surface area contributed by atoms with Gasteiger partial charge in [-0.25, -0.2) is 14.8 Å². The van der Waals surface area contributed by atoms with E-state index < -0.39 is 5.97 Å². The molecule has 0 atom stereocenters. The minimum Gasteiger partial charge on any atom is -0.460 e. The molecule has 3 rings (SSSR count). The van der Waals surface area contributed by atoms with Crippen molar-refractivity contribution in [1.29, 1.82) is 0 Å². The zero-order chi connectivity index (χ0) is 20.5. The molecule has 29 heavy (non-hydrogen) atoms. The van der Waals surface area contributed by atoms with E-state index in [1.807, 2.05) is 11.6 Å². The summed E-state index contributed by atoms with van der Waals surface area (Å²) in [4.78, 5) is 32.4. The zero-order valence-corrected chi connectivity index (χ0v) is 16.7. The lowest BCUT2D eigenvalue weighted by atomic mass is 10.1. The Morgan fingerprint density at radius 2 is 2.07 bits per heavy atom. The maximum atomic E-state index is 12.7. The van der Waals surface area contributed by atoms with E-state index in [2.05, 4.69) is 20.4 Å². The fourth-order valence-corrected chi connectivity index (χ4v) is 3.26. The number of carbonyl (C=O) groups is 2. The Morgan fingerprint density at radius 3 is 2.86 bits per heavy atom. The highest BCUT2D eigenvalue weighted by atomic mass is 16.5. The molecular weight excluding hydrogens is 374 g/mol. The lowest BCUT2D eigenvalue weighted by molar-refractivity contribution is 0.0480. The molecule has 0 unspecified atom stereocenters. The number of aryl methyl sites for hydroxylation is 2. The zero-order valence-electron chi connectivity index (χ0n) is 16.7. The average molecular weight is 401 g/mol. The Hall–Kier alpha value is -2.81. The molecule has 0 fully saturated rings. The number of nitrogens with zero attached hydrogens (tertiary/aromatic N) is 4. The quantitative estimate of drug-likeness (QED) is 0.578. The lowest BCUT2D eigenvalue weighted by Crippen LogP contribution is -2.26. The van der Waals surface area contributed by atoms with Gasteiger partial charge in [-0.1, -0.05) is 6.92 Å². The predicted octanol–water partition coefficient (Wildman–Crippen LogP) is 1.57. The molecule has 0 spiro atoms. The fourth-order valence-electron chi connectivity index (χ4n) is 3.26. The molecule has 3 heterocycles. The molecule has 9 heteroatoms. The highest BCUT2D eigenvalue weighted by molar-refractivity contribution is 5.96. The summed E-state index contributed by atoms with van der Waals surface area (Å²) in [5.41, 5.74) is 2.40. The van der Waals surface area contributed by atoms with Crippen LogP contribution in [0.5, 0.6) is 0 Å². The molecule has 0 saturated carbocycles. The standard InChI is InChI=1S/C20H27N5O4/c1-2-15-17-16(7-3-12-28-13-5-10-23-19(17)26)25(24-15)11-6-14-29-20(27)18-21-8-4-9-22-18/h4,8-9H,2-3,5-7,10-14H2,1H3,(H,23,26). The van der Waals surface area contributed by atoms with E-state index in [-0.39, 0.29) is 18.3 Å². The van der Waals surface area contributed by atoms with E-state index in [1.165, 1.54) is 12.4 Å². The van der Waals surface area contributed by atoms with Crippen molar-refractivity contribution < 1.29 is 19.1 Å². The molecular formula is C20H27N5O4. The van der Waals surface area contributed by atoms with Gasteiger partial charge in [-0.3, -0.25) is 9.48 Å². The largest absolute Gasteiger partial charge is 0.460 e. The molecule has 1 amide bonds. The SMILES string of the molecule is CCc1nn(CCCOC(=O)c2ncccn2)c2c1C(=O)NCCCOCCC2. The van der Waals surface area contributed by atoms with Crippen molar-refractivity contribution >= 4 is 11.9 Å². The van der Waals surface area contributed by atoms with E-state index in [0.29, 0.717) is 51.1 Å². The summed E-state index contributed by atoms with van der Waals surface area (Å²) in [5.74, 6) is -0.571. The first kappa shape index (κ1) is 20.9. The van der Waals surface area contributed by atoms with Crippen LogP contribution < -0.4 is 5.32 Å². The van der Waals surface area contributed by atoms with E-state index in [4.69, 9.17) is 9.47 Å². The average Bonchev–Trinajstić information content (AvgIpc) is 3.08. The van der Waals surface area contributed by atoms with Crippen molar-refractivity contribution in [2.45, 2.75) is 45.6 Å². The maximum Gasteiger partial charge on any atom is 0.376 e. The first-order valence-corrected chi connectivity index (χ1v) is 10.1. The van der Waals surface area contributed by atoms with E-state index in [9.17, 15) is 9.59 Å². The Morgan fingerprint density at radius 1 is 1.28 bits per heavy atom. The van der Waals surface area contributed by atoms with Crippen molar-refractivity contribution in [3.05, 3.63) is 41.2 Å². The van der Waals surface area contributed by atoms with Gasteiger partial charge in [-0.15, -0.1) is 0 Å². The predicted molar refractivity (Wildman–Crippen MR) is 105 cm³/mol. The molecule has 0 aliphatic carbocycles. The second-order valence-electron chi connectivity index (χ2n) is 6.73. The van der Waals surface area contributed by atoms with Crippen LogP contribution in [-0.4, -0.2) is 58.0 Å². The summed E-state index contributed by atoms with van der Waals surface area (Å²) >= 11 is 0. The number of nitrogens with one attached hydrogen (secondary N) is 1. The van der Waals surface area contributed by atoms with E-state index in [0.717, 1.165) is 24.2 Å². The summed E-state index contributed by atoms with van der Waals surface area (Å²) in [6.45, 7) is 4.68. The van der Waals surface area contributed by atoms with Gasteiger partial charge in [-0.2, -0.15) is 5.10 Å².